The molecule has 1 saturated heterocycles. The van der Waals surface area contributed by atoms with Crippen LogP contribution in [-0.2, 0) is 13.0 Å². The van der Waals surface area contributed by atoms with Crippen LogP contribution in [0.4, 0.5) is 10.2 Å². The van der Waals surface area contributed by atoms with E-state index in [4.69, 9.17) is 5.73 Å². The first kappa shape index (κ1) is 15.9. The molecule has 122 valence electrons. The highest BCUT2D eigenvalue weighted by Crippen LogP contribution is 2.23. The molecule has 4 heteroatoms. The van der Waals surface area contributed by atoms with Crippen molar-refractivity contribution in [3.8, 4) is 0 Å². The summed E-state index contributed by atoms with van der Waals surface area (Å²) in [5.74, 6) is 1.18. The molecule has 1 atom stereocenters. The number of pyridine rings is 1. The highest BCUT2D eigenvalue weighted by Gasteiger charge is 2.20. The van der Waals surface area contributed by atoms with E-state index in [0.717, 1.165) is 38.0 Å². The summed E-state index contributed by atoms with van der Waals surface area (Å²) in [4.78, 5) is 6.65. The largest absolute Gasteiger partial charge is 0.383 e. The molecule has 0 saturated carbocycles. The van der Waals surface area contributed by atoms with Gasteiger partial charge in [0.1, 0.15) is 11.6 Å². The minimum absolute atomic E-state index is 0.161. The van der Waals surface area contributed by atoms with E-state index >= 15 is 0 Å². The summed E-state index contributed by atoms with van der Waals surface area (Å²) in [5.41, 5.74) is 8.29. The zero-order valence-electron chi connectivity index (χ0n) is 13.4. The van der Waals surface area contributed by atoms with E-state index in [1.165, 1.54) is 18.4 Å². The average Bonchev–Trinajstić information content (AvgIpc) is 2.57. The molecule has 1 unspecified atom stereocenters. The first-order chi connectivity index (χ1) is 11.2. The van der Waals surface area contributed by atoms with Crippen LogP contribution in [0.25, 0.3) is 0 Å². The van der Waals surface area contributed by atoms with Crippen LogP contribution in [0.3, 0.4) is 0 Å². The lowest BCUT2D eigenvalue weighted by Gasteiger charge is -2.33. The maximum absolute atomic E-state index is 13.0. The second-order valence-electron chi connectivity index (χ2n) is 6.46. The van der Waals surface area contributed by atoms with Crippen molar-refractivity contribution in [3.05, 3.63) is 59.5 Å². The quantitative estimate of drug-likeness (QED) is 0.916. The van der Waals surface area contributed by atoms with Crippen LogP contribution in [0.5, 0.6) is 0 Å². The van der Waals surface area contributed by atoms with E-state index in [0.29, 0.717) is 11.7 Å². The van der Waals surface area contributed by atoms with E-state index in [1.54, 1.807) is 18.3 Å². The minimum atomic E-state index is -0.161. The predicted molar refractivity (Wildman–Crippen MR) is 91.4 cm³/mol. The van der Waals surface area contributed by atoms with E-state index in [9.17, 15) is 4.39 Å². The van der Waals surface area contributed by atoms with Crippen molar-refractivity contribution in [2.24, 2.45) is 5.92 Å². The zero-order chi connectivity index (χ0) is 16.1. The number of hydrogen-bond acceptors (Lipinski definition) is 3. The molecule has 0 radical (unpaired) electrons. The second-order valence-corrected chi connectivity index (χ2v) is 6.46. The Bertz CT molecular complexity index is 627. The monoisotopic (exact) mass is 313 g/mol. The number of piperidine rings is 1. The van der Waals surface area contributed by atoms with Gasteiger partial charge in [-0.3, -0.25) is 4.90 Å². The van der Waals surface area contributed by atoms with Gasteiger partial charge in [-0.05, 0) is 61.9 Å². The van der Waals surface area contributed by atoms with Gasteiger partial charge >= 0.3 is 0 Å². The van der Waals surface area contributed by atoms with Crippen molar-refractivity contribution in [1.29, 1.82) is 0 Å². The van der Waals surface area contributed by atoms with Gasteiger partial charge in [-0.15, -0.1) is 0 Å². The van der Waals surface area contributed by atoms with Gasteiger partial charge in [0.2, 0.25) is 0 Å². The number of likely N-dealkylation sites (tertiary alicyclic amines) is 1. The third-order valence-electron chi connectivity index (χ3n) is 4.68. The minimum Gasteiger partial charge on any atom is -0.383 e. The second kappa shape index (κ2) is 7.55. The number of halogens is 1. The lowest BCUT2D eigenvalue weighted by Crippen LogP contribution is -2.35. The summed E-state index contributed by atoms with van der Waals surface area (Å²) < 4.78 is 13.0. The van der Waals surface area contributed by atoms with Crippen molar-refractivity contribution in [1.82, 2.24) is 9.88 Å². The van der Waals surface area contributed by atoms with E-state index in [2.05, 4.69) is 16.0 Å². The SMILES string of the molecule is Nc1ncccc1CN1CCCC(CCc2ccc(F)cc2)C1. The zero-order valence-corrected chi connectivity index (χ0v) is 13.4. The summed E-state index contributed by atoms with van der Waals surface area (Å²) in [7, 11) is 0. The van der Waals surface area contributed by atoms with Crippen LogP contribution in [-0.4, -0.2) is 23.0 Å². The maximum atomic E-state index is 13.0. The number of benzene rings is 1. The van der Waals surface area contributed by atoms with Gasteiger partial charge in [0, 0.05) is 24.8 Å². The van der Waals surface area contributed by atoms with Gasteiger partial charge in [0.25, 0.3) is 0 Å². The van der Waals surface area contributed by atoms with Crippen LogP contribution in [0.1, 0.15) is 30.4 Å². The molecule has 0 spiro atoms. The highest BCUT2D eigenvalue weighted by molar-refractivity contribution is 5.38. The van der Waals surface area contributed by atoms with E-state index in [-0.39, 0.29) is 5.82 Å². The molecule has 1 fully saturated rings. The van der Waals surface area contributed by atoms with Crippen LogP contribution in [0.2, 0.25) is 0 Å². The number of nitrogens with two attached hydrogens (primary N) is 1. The fourth-order valence-electron chi connectivity index (χ4n) is 3.38. The van der Waals surface area contributed by atoms with Gasteiger partial charge in [-0.25, -0.2) is 9.37 Å². The first-order valence-electron chi connectivity index (χ1n) is 8.37. The molecule has 1 aromatic heterocycles. The number of nitrogen functional groups attached to an aromatic ring is 1. The number of aryl methyl sites for hydroxylation is 1. The number of nitrogens with zero attached hydrogens (tertiary/aromatic N) is 2. The molecule has 3 rings (SSSR count). The van der Waals surface area contributed by atoms with Gasteiger partial charge < -0.3 is 5.73 Å². The Morgan fingerprint density at radius 1 is 1.22 bits per heavy atom. The fraction of sp³-hybridized carbons (Fsp3) is 0.421. The van der Waals surface area contributed by atoms with Gasteiger partial charge in [0.05, 0.1) is 0 Å². The molecular weight excluding hydrogens is 289 g/mol. The fourth-order valence-corrected chi connectivity index (χ4v) is 3.38. The molecule has 2 N–H and O–H groups in total. The third kappa shape index (κ3) is 4.52. The Hall–Kier alpha value is -1.94. The standard InChI is InChI=1S/C19H24FN3/c20-18-9-7-15(8-10-18)5-6-16-3-2-12-23(13-16)14-17-4-1-11-22-19(17)21/h1,4,7-11,16H,2-3,5-6,12-14H2,(H2,21,22). The highest BCUT2D eigenvalue weighted by atomic mass is 19.1. The molecule has 0 aliphatic carbocycles. The lowest BCUT2D eigenvalue weighted by atomic mass is 9.91. The number of rotatable bonds is 5. The van der Waals surface area contributed by atoms with Crippen molar-refractivity contribution < 1.29 is 4.39 Å². The molecular formula is C19H24FN3. The van der Waals surface area contributed by atoms with Crippen LogP contribution >= 0.6 is 0 Å². The summed E-state index contributed by atoms with van der Waals surface area (Å²) in [6.45, 7) is 3.11. The van der Waals surface area contributed by atoms with Gasteiger partial charge in [-0.1, -0.05) is 18.2 Å². The Kier molecular flexibility index (Phi) is 5.23. The molecule has 0 bridgehead atoms. The number of hydrogen-bond donors (Lipinski definition) is 1. The Labute approximate surface area is 137 Å². The third-order valence-corrected chi connectivity index (χ3v) is 4.68. The normalized spacial score (nSPS) is 18.9. The molecule has 1 aromatic carbocycles. The molecule has 2 heterocycles. The summed E-state index contributed by atoms with van der Waals surface area (Å²) in [6, 6.07) is 10.9. The first-order valence-corrected chi connectivity index (χ1v) is 8.37. The molecule has 3 nitrogen and oxygen atoms in total. The Balaban J connectivity index is 1.52. The lowest BCUT2D eigenvalue weighted by molar-refractivity contribution is 0.162. The van der Waals surface area contributed by atoms with Crippen molar-refractivity contribution in [3.63, 3.8) is 0 Å². The molecule has 0 amide bonds. The van der Waals surface area contributed by atoms with Crippen molar-refractivity contribution in [2.75, 3.05) is 18.8 Å². The molecule has 2 aromatic rings. The molecule has 23 heavy (non-hydrogen) atoms. The Morgan fingerprint density at radius 2 is 2.04 bits per heavy atom. The molecule has 1 aliphatic rings. The van der Waals surface area contributed by atoms with Crippen LogP contribution in [0, 0.1) is 11.7 Å². The Morgan fingerprint density at radius 3 is 2.83 bits per heavy atom. The van der Waals surface area contributed by atoms with Gasteiger partial charge in [0.15, 0.2) is 0 Å². The predicted octanol–water partition coefficient (Wildman–Crippen LogP) is 3.65. The molecule has 1 aliphatic heterocycles. The van der Waals surface area contributed by atoms with Gasteiger partial charge in [-0.2, -0.15) is 0 Å². The van der Waals surface area contributed by atoms with Crippen molar-refractivity contribution in [2.45, 2.75) is 32.2 Å². The number of aromatic nitrogens is 1. The average molecular weight is 313 g/mol. The van der Waals surface area contributed by atoms with Crippen LogP contribution < -0.4 is 5.73 Å². The maximum Gasteiger partial charge on any atom is 0.127 e. The number of anilines is 1. The topological polar surface area (TPSA) is 42.1 Å². The van der Waals surface area contributed by atoms with E-state index < -0.39 is 0 Å². The summed E-state index contributed by atoms with van der Waals surface area (Å²) >= 11 is 0. The van der Waals surface area contributed by atoms with Crippen LogP contribution in [0.15, 0.2) is 42.6 Å². The van der Waals surface area contributed by atoms with Crippen molar-refractivity contribution >= 4 is 5.82 Å². The van der Waals surface area contributed by atoms with E-state index in [1.807, 2.05) is 18.2 Å². The summed E-state index contributed by atoms with van der Waals surface area (Å²) in [6.07, 6.45) is 6.42. The summed E-state index contributed by atoms with van der Waals surface area (Å²) in [5, 5.41) is 0. The smallest absolute Gasteiger partial charge is 0.127 e.